The zero-order valence-corrected chi connectivity index (χ0v) is 13.5. The Labute approximate surface area is 130 Å². The topological polar surface area (TPSA) is 54.5 Å². The van der Waals surface area contributed by atoms with Gasteiger partial charge in [0.1, 0.15) is 0 Å². The summed E-state index contributed by atoms with van der Waals surface area (Å²) in [5, 5.41) is 0.736. The van der Waals surface area contributed by atoms with Crippen molar-refractivity contribution in [2.24, 2.45) is 5.92 Å². The van der Waals surface area contributed by atoms with Gasteiger partial charge in [-0.15, -0.1) is 0 Å². The highest BCUT2D eigenvalue weighted by Crippen LogP contribution is 2.46. The number of carbonyl (C=O) groups is 1. The highest BCUT2D eigenvalue weighted by Gasteiger charge is 2.50. The molecule has 0 radical (unpaired) electrons. The molecule has 0 bridgehead atoms. The summed E-state index contributed by atoms with van der Waals surface area (Å²) in [6.45, 7) is 8.32. The lowest BCUT2D eigenvalue weighted by Gasteiger charge is -2.54. The summed E-state index contributed by atoms with van der Waals surface area (Å²) in [5.41, 5.74) is 1.05. The molecule has 1 fully saturated rings. The molecule has 0 unspecified atom stereocenters. The second-order valence-corrected chi connectivity index (χ2v) is 6.41. The van der Waals surface area contributed by atoms with Crippen molar-refractivity contribution in [1.29, 1.82) is 0 Å². The maximum atomic E-state index is 12.2. The number of halogens is 1. The third-order valence-electron chi connectivity index (χ3n) is 3.59. The van der Waals surface area contributed by atoms with Crippen molar-refractivity contribution in [2.45, 2.75) is 45.7 Å². The number of β-lactam (4-membered cyclic amide) rings is 1. The molecule has 1 aromatic carbocycles. The van der Waals surface area contributed by atoms with Crippen LogP contribution in [0.3, 0.4) is 0 Å². The monoisotopic (exact) mass is 309 g/mol. The number of carbonyl (C=O) groups excluding carboxylic acids is 3. The van der Waals surface area contributed by atoms with E-state index in [1.807, 2.05) is 29.2 Å². The van der Waals surface area contributed by atoms with Crippen molar-refractivity contribution >= 4 is 23.7 Å². The summed E-state index contributed by atoms with van der Waals surface area (Å²) < 4.78 is 0. The van der Waals surface area contributed by atoms with Gasteiger partial charge in [0.15, 0.2) is 0 Å². The molecule has 0 aromatic heterocycles. The van der Waals surface area contributed by atoms with Gasteiger partial charge in [0.25, 0.3) is 0 Å². The van der Waals surface area contributed by atoms with Crippen LogP contribution in [0.2, 0.25) is 5.02 Å². The Hall–Kier alpha value is -1.64. The Morgan fingerprint density at radius 2 is 1.67 bits per heavy atom. The van der Waals surface area contributed by atoms with E-state index >= 15 is 0 Å². The molecule has 5 heteroatoms. The number of hydrogen-bond donors (Lipinski definition) is 0. The second kappa shape index (κ2) is 6.88. The fourth-order valence-corrected chi connectivity index (χ4v) is 2.86. The van der Waals surface area contributed by atoms with Crippen LogP contribution in [-0.4, -0.2) is 22.5 Å². The molecule has 0 saturated carbocycles. The smallest absolute Gasteiger partial charge is 0.330 e. The third-order valence-corrected chi connectivity index (χ3v) is 3.84. The minimum Gasteiger partial charge on any atom is -0.330 e. The summed E-state index contributed by atoms with van der Waals surface area (Å²) in [6, 6.07) is 8.04. The lowest BCUT2D eigenvalue weighted by molar-refractivity contribution is -0.191. The van der Waals surface area contributed by atoms with E-state index in [1.54, 1.807) is 0 Å². The average Bonchev–Trinajstić information content (AvgIpc) is 2.37. The molecule has 2 rings (SSSR count). The number of benzene rings is 1. The van der Waals surface area contributed by atoms with Gasteiger partial charge in [0, 0.05) is 10.6 Å². The van der Waals surface area contributed by atoms with Gasteiger partial charge in [-0.25, -0.2) is 0 Å². The number of hydrogen-bond acceptors (Lipinski definition) is 3. The Balaban J connectivity index is 0.000000677. The Morgan fingerprint density at radius 3 is 2.05 bits per heavy atom. The summed E-state index contributed by atoms with van der Waals surface area (Å²) in [7, 11) is 0. The minimum atomic E-state index is -0.132. The Kier molecular flexibility index (Phi) is 5.70. The number of nitrogens with zero attached hydrogens (tertiary/aromatic N) is 1. The molecule has 1 amide bonds. The highest BCUT2D eigenvalue weighted by molar-refractivity contribution is 6.30. The maximum Gasteiger partial charge on any atom is 0.373 e. The van der Waals surface area contributed by atoms with E-state index < -0.39 is 0 Å². The van der Waals surface area contributed by atoms with Crippen LogP contribution < -0.4 is 0 Å². The lowest BCUT2D eigenvalue weighted by atomic mass is 9.77. The average molecular weight is 310 g/mol. The fourth-order valence-electron chi connectivity index (χ4n) is 2.74. The van der Waals surface area contributed by atoms with Gasteiger partial charge >= 0.3 is 6.15 Å². The molecular formula is C16H20ClNO3. The van der Waals surface area contributed by atoms with Crippen molar-refractivity contribution in [3.63, 3.8) is 0 Å². The van der Waals surface area contributed by atoms with Crippen molar-refractivity contribution < 1.29 is 14.4 Å². The van der Waals surface area contributed by atoms with Crippen LogP contribution in [0, 0.1) is 5.92 Å². The molecule has 0 aliphatic carbocycles. The van der Waals surface area contributed by atoms with Crippen molar-refractivity contribution in [1.82, 2.24) is 4.90 Å². The van der Waals surface area contributed by atoms with Crippen LogP contribution in [0.4, 0.5) is 0 Å². The molecule has 1 aliphatic heterocycles. The second-order valence-electron chi connectivity index (χ2n) is 5.97. The van der Waals surface area contributed by atoms with Gasteiger partial charge in [0.05, 0.1) is 12.0 Å². The van der Waals surface area contributed by atoms with Crippen LogP contribution in [0.5, 0.6) is 0 Å². The van der Waals surface area contributed by atoms with Crippen molar-refractivity contribution in [3.8, 4) is 0 Å². The van der Waals surface area contributed by atoms with E-state index in [2.05, 4.69) is 27.7 Å². The molecule has 0 N–H and O–H groups in total. The van der Waals surface area contributed by atoms with E-state index in [-0.39, 0.29) is 29.6 Å². The first kappa shape index (κ1) is 17.4. The van der Waals surface area contributed by atoms with Crippen LogP contribution in [-0.2, 0) is 14.4 Å². The molecule has 1 saturated heterocycles. The first-order valence-corrected chi connectivity index (χ1v) is 7.23. The Morgan fingerprint density at radius 1 is 1.19 bits per heavy atom. The zero-order chi connectivity index (χ0) is 16.2. The first-order chi connectivity index (χ1) is 9.77. The lowest BCUT2D eigenvalue weighted by Crippen LogP contribution is -2.61. The van der Waals surface area contributed by atoms with Gasteiger partial charge in [-0.1, -0.05) is 30.7 Å². The van der Waals surface area contributed by atoms with Gasteiger partial charge in [0.2, 0.25) is 5.91 Å². The zero-order valence-electron chi connectivity index (χ0n) is 12.7. The van der Waals surface area contributed by atoms with Crippen LogP contribution in [0.25, 0.3) is 0 Å². The van der Waals surface area contributed by atoms with Gasteiger partial charge in [-0.05, 0) is 44.9 Å². The minimum absolute atomic E-state index is 0.116. The number of rotatable bonds is 2. The molecule has 114 valence electrons. The van der Waals surface area contributed by atoms with E-state index in [0.717, 1.165) is 11.4 Å². The highest BCUT2D eigenvalue weighted by atomic mass is 35.5. The van der Waals surface area contributed by atoms with Crippen LogP contribution in [0.15, 0.2) is 24.3 Å². The van der Waals surface area contributed by atoms with Gasteiger partial charge in [-0.3, -0.25) is 4.79 Å². The predicted molar refractivity (Wildman–Crippen MR) is 79.6 cm³/mol. The van der Waals surface area contributed by atoms with E-state index in [4.69, 9.17) is 21.2 Å². The molecule has 4 nitrogen and oxygen atoms in total. The van der Waals surface area contributed by atoms with Crippen LogP contribution in [0.1, 0.15) is 45.7 Å². The van der Waals surface area contributed by atoms with Crippen molar-refractivity contribution in [3.05, 3.63) is 34.9 Å². The molecule has 21 heavy (non-hydrogen) atoms. The standard InChI is InChI=1S/C15H20ClNO.CO2/c1-5-12-13(10-6-8-11(16)9-7-10)17(14(12)18)15(2,3)4;2-1-3/h6-9,12-13H,5H2,1-4H3;/t12-,13+;/m1./s1. The molecule has 1 heterocycles. The largest absolute Gasteiger partial charge is 0.373 e. The molecular weight excluding hydrogens is 290 g/mol. The fraction of sp³-hybridized carbons (Fsp3) is 0.500. The number of likely N-dealkylation sites (tertiary alicyclic amines) is 1. The molecule has 1 aliphatic rings. The Bertz CT molecular complexity index is 527. The molecule has 2 atom stereocenters. The molecule has 1 aromatic rings. The van der Waals surface area contributed by atoms with E-state index in [9.17, 15) is 4.79 Å². The van der Waals surface area contributed by atoms with Crippen LogP contribution >= 0.6 is 11.6 Å². The predicted octanol–water partition coefficient (Wildman–Crippen LogP) is 3.46. The maximum absolute atomic E-state index is 12.2. The van der Waals surface area contributed by atoms with E-state index in [0.29, 0.717) is 0 Å². The summed E-state index contributed by atoms with van der Waals surface area (Å²) in [5.74, 6) is 0.385. The first-order valence-electron chi connectivity index (χ1n) is 6.85. The van der Waals surface area contributed by atoms with E-state index in [1.165, 1.54) is 5.56 Å². The SMILES string of the molecule is CC[C@H]1C(=O)N(C(C)(C)C)[C@H]1c1ccc(Cl)cc1.O=C=O. The van der Waals surface area contributed by atoms with Gasteiger partial charge in [-0.2, -0.15) is 9.59 Å². The normalized spacial score (nSPS) is 21.0. The quantitative estimate of drug-likeness (QED) is 0.786. The summed E-state index contributed by atoms with van der Waals surface area (Å²) in [4.78, 5) is 30.4. The summed E-state index contributed by atoms with van der Waals surface area (Å²) >= 11 is 5.92. The third kappa shape index (κ3) is 3.72. The number of amides is 1. The van der Waals surface area contributed by atoms with Gasteiger partial charge < -0.3 is 4.90 Å². The summed E-state index contributed by atoms with van der Waals surface area (Å²) in [6.07, 6.45) is 1.14. The van der Waals surface area contributed by atoms with Crippen molar-refractivity contribution in [2.75, 3.05) is 0 Å². The molecule has 0 spiro atoms.